The van der Waals surface area contributed by atoms with Crippen LogP contribution in [-0.2, 0) is 0 Å². The van der Waals surface area contributed by atoms with Crippen molar-refractivity contribution >= 4 is 28.1 Å². The lowest BCUT2D eigenvalue weighted by atomic mass is 10.2. The van der Waals surface area contributed by atoms with Crippen molar-refractivity contribution in [1.82, 2.24) is 4.98 Å². The fraction of sp³-hybridized carbons (Fsp3) is 0.167. The van der Waals surface area contributed by atoms with Crippen molar-refractivity contribution in [3.63, 3.8) is 0 Å². The van der Waals surface area contributed by atoms with Gasteiger partial charge in [0.15, 0.2) is 5.13 Å². The second kappa shape index (κ2) is 5.15. The van der Waals surface area contributed by atoms with E-state index in [1.54, 1.807) is 0 Å². The molecule has 0 radical (unpaired) electrons. The molecule has 0 saturated heterocycles. The Morgan fingerprint density at radius 1 is 1.32 bits per heavy atom. The first kappa shape index (κ1) is 13.2. The topological polar surface area (TPSA) is 85.1 Å². The summed E-state index contributed by atoms with van der Waals surface area (Å²) in [5.41, 5.74) is 1.19. The molecule has 0 bridgehead atoms. The SMILES string of the molecule is Cc1nc(NC(=O)c2ccc([N+](=O)[O-])cc2)sc1C. The third-order valence-corrected chi connectivity index (χ3v) is 3.58. The van der Waals surface area contributed by atoms with Gasteiger partial charge in [-0.1, -0.05) is 0 Å². The summed E-state index contributed by atoms with van der Waals surface area (Å²) in [5, 5.41) is 13.7. The first-order valence-corrected chi connectivity index (χ1v) is 6.29. The lowest BCUT2D eigenvalue weighted by Gasteiger charge is -2.01. The highest BCUT2D eigenvalue weighted by molar-refractivity contribution is 7.15. The molecule has 1 N–H and O–H groups in total. The van der Waals surface area contributed by atoms with Crippen LogP contribution in [0.4, 0.5) is 10.8 Å². The smallest absolute Gasteiger partial charge is 0.269 e. The van der Waals surface area contributed by atoms with Crippen molar-refractivity contribution in [1.29, 1.82) is 0 Å². The number of nitrogens with one attached hydrogen (secondary N) is 1. The van der Waals surface area contributed by atoms with E-state index in [9.17, 15) is 14.9 Å². The molecule has 6 nitrogen and oxygen atoms in total. The van der Waals surface area contributed by atoms with Crippen LogP contribution in [0.2, 0.25) is 0 Å². The van der Waals surface area contributed by atoms with E-state index in [-0.39, 0.29) is 11.6 Å². The largest absolute Gasteiger partial charge is 0.298 e. The van der Waals surface area contributed by atoms with Crippen LogP contribution in [0, 0.1) is 24.0 Å². The average molecular weight is 277 g/mol. The number of carbonyl (C=O) groups excluding carboxylic acids is 1. The Balaban J connectivity index is 2.13. The number of anilines is 1. The van der Waals surface area contributed by atoms with Gasteiger partial charge in [0.2, 0.25) is 0 Å². The summed E-state index contributed by atoms with van der Waals surface area (Å²) in [7, 11) is 0. The predicted octanol–water partition coefficient (Wildman–Crippen LogP) is 2.92. The van der Waals surface area contributed by atoms with Crippen LogP contribution in [0.25, 0.3) is 0 Å². The normalized spacial score (nSPS) is 10.2. The summed E-state index contributed by atoms with van der Waals surface area (Å²) in [4.78, 5) is 27.1. The van der Waals surface area contributed by atoms with E-state index >= 15 is 0 Å². The second-order valence-corrected chi connectivity index (χ2v) is 5.12. The molecular weight excluding hydrogens is 266 g/mol. The van der Waals surface area contributed by atoms with Gasteiger partial charge in [-0.15, -0.1) is 11.3 Å². The van der Waals surface area contributed by atoms with Gasteiger partial charge in [-0.25, -0.2) is 4.98 Å². The summed E-state index contributed by atoms with van der Waals surface area (Å²) < 4.78 is 0. The van der Waals surface area contributed by atoms with E-state index in [1.807, 2.05) is 13.8 Å². The molecular formula is C12H11N3O3S. The molecule has 0 fully saturated rings. The number of benzene rings is 1. The number of aryl methyl sites for hydroxylation is 2. The van der Waals surface area contributed by atoms with Gasteiger partial charge in [0, 0.05) is 22.6 Å². The molecule has 1 amide bonds. The molecule has 1 heterocycles. The number of nitro groups is 1. The number of hydrogen-bond acceptors (Lipinski definition) is 5. The van der Waals surface area contributed by atoms with Gasteiger partial charge in [-0.2, -0.15) is 0 Å². The van der Waals surface area contributed by atoms with Crippen molar-refractivity contribution in [3.05, 3.63) is 50.5 Å². The quantitative estimate of drug-likeness (QED) is 0.690. The Labute approximate surface area is 113 Å². The minimum absolute atomic E-state index is 0.0440. The lowest BCUT2D eigenvalue weighted by molar-refractivity contribution is -0.384. The Morgan fingerprint density at radius 2 is 1.95 bits per heavy atom. The lowest BCUT2D eigenvalue weighted by Crippen LogP contribution is -2.11. The maximum Gasteiger partial charge on any atom is 0.269 e. The summed E-state index contributed by atoms with van der Waals surface area (Å²) in [5.74, 6) is -0.330. The number of nitrogens with zero attached hydrogens (tertiary/aromatic N) is 2. The summed E-state index contributed by atoms with van der Waals surface area (Å²) >= 11 is 1.39. The Hall–Kier alpha value is -2.28. The van der Waals surface area contributed by atoms with E-state index in [0.717, 1.165) is 10.6 Å². The highest BCUT2D eigenvalue weighted by Gasteiger charge is 2.11. The third kappa shape index (κ3) is 2.94. The van der Waals surface area contributed by atoms with Gasteiger partial charge in [-0.3, -0.25) is 20.2 Å². The van der Waals surface area contributed by atoms with Crippen molar-refractivity contribution < 1.29 is 9.72 Å². The minimum atomic E-state index is -0.505. The molecule has 1 aromatic carbocycles. The van der Waals surface area contributed by atoms with Gasteiger partial charge in [-0.05, 0) is 26.0 Å². The number of rotatable bonds is 3. The molecule has 0 unspecified atom stereocenters. The molecule has 19 heavy (non-hydrogen) atoms. The Morgan fingerprint density at radius 3 is 2.42 bits per heavy atom. The first-order chi connectivity index (χ1) is 8.97. The molecule has 0 atom stereocenters. The molecule has 0 aliphatic heterocycles. The van der Waals surface area contributed by atoms with Gasteiger partial charge in [0.25, 0.3) is 11.6 Å². The summed E-state index contributed by atoms with van der Waals surface area (Å²) in [6.07, 6.45) is 0. The molecule has 2 rings (SSSR count). The van der Waals surface area contributed by atoms with Crippen molar-refractivity contribution in [2.45, 2.75) is 13.8 Å². The molecule has 2 aromatic rings. The highest BCUT2D eigenvalue weighted by atomic mass is 32.1. The maximum absolute atomic E-state index is 11.9. The number of carbonyl (C=O) groups is 1. The summed E-state index contributed by atoms with van der Waals surface area (Å²) in [6.45, 7) is 3.79. The molecule has 0 spiro atoms. The van der Waals surface area contributed by atoms with Gasteiger partial charge in [0.1, 0.15) is 0 Å². The van der Waals surface area contributed by atoms with E-state index in [4.69, 9.17) is 0 Å². The van der Waals surface area contributed by atoms with Crippen molar-refractivity contribution in [2.24, 2.45) is 0 Å². The molecule has 0 aliphatic carbocycles. The molecule has 98 valence electrons. The monoisotopic (exact) mass is 277 g/mol. The van der Waals surface area contributed by atoms with Crippen LogP contribution >= 0.6 is 11.3 Å². The van der Waals surface area contributed by atoms with Crippen LogP contribution in [0.5, 0.6) is 0 Å². The van der Waals surface area contributed by atoms with Gasteiger partial charge < -0.3 is 0 Å². The summed E-state index contributed by atoms with van der Waals surface area (Å²) in [6, 6.07) is 5.43. The molecule has 7 heteroatoms. The Bertz CT molecular complexity index is 615. The second-order valence-electron chi connectivity index (χ2n) is 3.92. The fourth-order valence-electron chi connectivity index (χ4n) is 1.43. The fourth-order valence-corrected chi connectivity index (χ4v) is 2.24. The van der Waals surface area contributed by atoms with E-state index in [0.29, 0.717) is 10.7 Å². The van der Waals surface area contributed by atoms with Gasteiger partial charge in [0.05, 0.1) is 10.6 Å². The van der Waals surface area contributed by atoms with Crippen LogP contribution in [0.1, 0.15) is 20.9 Å². The van der Waals surface area contributed by atoms with Crippen molar-refractivity contribution in [3.8, 4) is 0 Å². The van der Waals surface area contributed by atoms with Crippen LogP contribution in [0.3, 0.4) is 0 Å². The van der Waals surface area contributed by atoms with E-state index in [2.05, 4.69) is 10.3 Å². The molecule has 0 aliphatic rings. The third-order valence-electron chi connectivity index (χ3n) is 2.59. The predicted molar refractivity (Wildman–Crippen MR) is 72.6 cm³/mol. The van der Waals surface area contributed by atoms with E-state index in [1.165, 1.54) is 35.6 Å². The van der Waals surface area contributed by atoms with Crippen LogP contribution < -0.4 is 5.32 Å². The molecule has 1 aromatic heterocycles. The zero-order valence-corrected chi connectivity index (χ0v) is 11.2. The zero-order valence-electron chi connectivity index (χ0n) is 10.3. The number of nitro benzene ring substituents is 1. The minimum Gasteiger partial charge on any atom is -0.298 e. The number of amides is 1. The van der Waals surface area contributed by atoms with Gasteiger partial charge >= 0.3 is 0 Å². The maximum atomic E-state index is 11.9. The average Bonchev–Trinajstić information content (AvgIpc) is 2.68. The number of thiazole rings is 1. The number of hydrogen-bond donors (Lipinski definition) is 1. The highest BCUT2D eigenvalue weighted by Crippen LogP contribution is 2.22. The number of non-ortho nitro benzene ring substituents is 1. The first-order valence-electron chi connectivity index (χ1n) is 5.47. The number of aromatic nitrogens is 1. The standard InChI is InChI=1S/C12H11N3O3S/c1-7-8(2)19-12(13-7)14-11(16)9-3-5-10(6-4-9)15(17)18/h3-6H,1-2H3,(H,13,14,16). The van der Waals surface area contributed by atoms with Crippen LogP contribution in [0.15, 0.2) is 24.3 Å². The van der Waals surface area contributed by atoms with Crippen LogP contribution in [-0.4, -0.2) is 15.8 Å². The van der Waals surface area contributed by atoms with E-state index < -0.39 is 4.92 Å². The zero-order chi connectivity index (χ0) is 14.0. The van der Waals surface area contributed by atoms with Crippen molar-refractivity contribution in [2.75, 3.05) is 5.32 Å². The Kier molecular flexibility index (Phi) is 3.57. The molecule has 0 saturated carbocycles.